The van der Waals surface area contributed by atoms with Crippen molar-refractivity contribution in [3.63, 3.8) is 0 Å². The number of hydrogen-bond acceptors (Lipinski definition) is 15. The molecule has 0 aromatic heterocycles. The van der Waals surface area contributed by atoms with Crippen LogP contribution in [0.5, 0.6) is 0 Å². The minimum absolute atomic E-state index is 0.0201. The first-order chi connectivity index (χ1) is 32.3. The summed E-state index contributed by atoms with van der Waals surface area (Å²) in [5, 5.41) is 14.8. The van der Waals surface area contributed by atoms with Gasteiger partial charge in [0.1, 0.15) is 48.1 Å². The van der Waals surface area contributed by atoms with Gasteiger partial charge in [0.25, 0.3) is 0 Å². The first kappa shape index (κ1) is 47.8. The van der Waals surface area contributed by atoms with Crippen molar-refractivity contribution in [1.82, 2.24) is 15.3 Å². The van der Waals surface area contributed by atoms with Gasteiger partial charge < -0.3 is 43.7 Å². The Labute approximate surface area is 396 Å². The molecule has 4 aliphatic heterocycles. The van der Waals surface area contributed by atoms with Crippen molar-refractivity contribution in [1.29, 1.82) is 0 Å². The third-order valence-electron chi connectivity index (χ3n) is 14.4. The zero-order valence-corrected chi connectivity index (χ0v) is 39.6. The lowest BCUT2D eigenvalue weighted by Crippen LogP contribution is -2.70. The Morgan fingerprint density at radius 2 is 1.65 bits per heavy atom. The number of hydrogen-bond donors (Lipinski definition) is 2. The zero-order chi connectivity index (χ0) is 48.3. The first-order valence-electron chi connectivity index (χ1n) is 23.9. The second kappa shape index (κ2) is 18.3. The molecule has 9 unspecified atom stereocenters. The van der Waals surface area contributed by atoms with Crippen LogP contribution in [0.1, 0.15) is 96.3 Å². The number of ether oxygens (including phenoxy) is 6. The van der Waals surface area contributed by atoms with Crippen LogP contribution in [0.15, 0.2) is 60.7 Å². The largest absolute Gasteiger partial charge is 0.462 e. The van der Waals surface area contributed by atoms with Crippen molar-refractivity contribution in [3.05, 3.63) is 77.4 Å². The minimum Gasteiger partial charge on any atom is -0.462 e. The molecule has 0 radical (unpaired) electrons. The van der Waals surface area contributed by atoms with Crippen LogP contribution in [0.2, 0.25) is 0 Å². The van der Waals surface area contributed by atoms with E-state index in [1.807, 2.05) is 42.5 Å². The molecule has 9 atom stereocenters. The molecule has 7 aliphatic rings. The van der Waals surface area contributed by atoms with E-state index in [4.69, 9.17) is 33.3 Å². The number of aliphatic hydroxyl groups is 1. The van der Waals surface area contributed by atoms with E-state index in [1.54, 1.807) is 59.9 Å². The van der Waals surface area contributed by atoms with Crippen LogP contribution in [-0.4, -0.2) is 131 Å². The van der Waals surface area contributed by atoms with Gasteiger partial charge >= 0.3 is 23.9 Å². The first-order valence-corrected chi connectivity index (χ1v) is 23.9. The second-order valence-corrected chi connectivity index (χ2v) is 21.3. The number of hydroxylamine groups is 2. The molecule has 17 heteroatoms. The second-order valence-electron chi connectivity index (χ2n) is 21.3. The number of rotatable bonds is 17. The summed E-state index contributed by atoms with van der Waals surface area (Å²) < 4.78 is 36.3. The van der Waals surface area contributed by atoms with Crippen LogP contribution in [0, 0.1) is 22.7 Å². The molecule has 2 bridgehead atoms. The highest BCUT2D eigenvalue weighted by molar-refractivity contribution is 5.96. The molecule has 68 heavy (non-hydrogen) atoms. The molecule has 2 N–H and O–H groups in total. The third-order valence-corrected chi connectivity index (χ3v) is 14.4. The fourth-order valence-electron chi connectivity index (χ4n) is 10.8. The number of nitrogens with zero attached hydrogens (tertiary/aromatic N) is 2. The Morgan fingerprint density at radius 3 is 2.29 bits per heavy atom. The standard InChI is InChI=1S/C51H63N3O14/c1-48(2,3)65-38(57)22-20-34(27-55)52-44(58)35(24-29-11-8-7-9-12-29)53(6)47(61)50-25-36-39-40(67-51(66-39,32-16-17-32)33-18-19-33)42(50)68-54(41(50)45(59)63-36)26-31-14-10-13-30(23-31)15-21-37(56)64-43-46(60)62-28-49(43,4)5/h7-15,21,23,32-36,39-43,55H,16-20,22,24-28H2,1-6H3,(H,52,58). The highest BCUT2D eigenvalue weighted by Gasteiger charge is 2.78. The van der Waals surface area contributed by atoms with Crippen LogP contribution in [-0.2, 0) is 75.0 Å². The van der Waals surface area contributed by atoms with Gasteiger partial charge in [-0.3, -0.25) is 24.0 Å². The summed E-state index contributed by atoms with van der Waals surface area (Å²) in [7, 11) is 1.55. The number of carbonyl (C=O) groups is 6. The summed E-state index contributed by atoms with van der Waals surface area (Å²) in [4.78, 5) is 91.1. The summed E-state index contributed by atoms with van der Waals surface area (Å²) in [5.41, 5.74) is -0.909. The van der Waals surface area contributed by atoms with Gasteiger partial charge in [0.05, 0.1) is 19.2 Å². The SMILES string of the molecule is CN(C(=O)C12CC3OC(=O)C1N(Cc1cccc(C=CC(=O)OC4C(=O)OCC4(C)C)c1)OC2C1OC(C2CC2)(C2CC2)OC31)C(Cc1ccccc1)C(=O)NC(CO)CCC(=O)OC(C)(C)C. The number of esters is 4. The Kier molecular flexibility index (Phi) is 12.9. The van der Waals surface area contributed by atoms with Gasteiger partial charge in [0, 0.05) is 49.6 Å². The summed E-state index contributed by atoms with van der Waals surface area (Å²) in [6.07, 6.45) is 2.35. The molecule has 0 spiro atoms. The van der Waals surface area contributed by atoms with Gasteiger partial charge in [0.15, 0.2) is 11.8 Å². The molecule has 4 saturated heterocycles. The maximum absolute atomic E-state index is 15.8. The lowest BCUT2D eigenvalue weighted by atomic mass is 9.62. The average Bonchev–Trinajstić information content (AvgIpc) is 4.24. The molecule has 2 amide bonds. The maximum atomic E-state index is 15.8. The van der Waals surface area contributed by atoms with E-state index >= 15 is 4.79 Å². The van der Waals surface area contributed by atoms with Gasteiger partial charge in [-0.05, 0) is 75.6 Å². The minimum atomic E-state index is -1.60. The van der Waals surface area contributed by atoms with E-state index in [1.165, 1.54) is 16.0 Å². The number of likely N-dealkylation sites (N-methyl/N-ethyl adjacent to an activating group) is 1. The van der Waals surface area contributed by atoms with Crippen LogP contribution in [0.4, 0.5) is 0 Å². The van der Waals surface area contributed by atoms with Crippen LogP contribution < -0.4 is 5.32 Å². The van der Waals surface area contributed by atoms with Gasteiger partial charge in [-0.2, -0.15) is 5.06 Å². The molecule has 2 aromatic carbocycles. The van der Waals surface area contributed by atoms with Crippen molar-refractivity contribution >= 4 is 41.8 Å². The van der Waals surface area contributed by atoms with Crippen LogP contribution in [0.25, 0.3) is 6.08 Å². The molecular formula is C51H63N3O14. The molecular weight excluding hydrogens is 879 g/mol. The predicted molar refractivity (Wildman–Crippen MR) is 240 cm³/mol. The monoisotopic (exact) mass is 941 g/mol. The molecule has 366 valence electrons. The van der Waals surface area contributed by atoms with Crippen LogP contribution in [0.3, 0.4) is 0 Å². The van der Waals surface area contributed by atoms with E-state index < -0.39 is 113 Å². The molecule has 4 heterocycles. The van der Waals surface area contributed by atoms with Crippen molar-refractivity contribution in [2.24, 2.45) is 22.7 Å². The fourth-order valence-corrected chi connectivity index (χ4v) is 10.8. The van der Waals surface area contributed by atoms with Crippen molar-refractivity contribution in [2.45, 2.75) is 153 Å². The van der Waals surface area contributed by atoms with Gasteiger partial charge in [-0.25, -0.2) is 9.59 Å². The van der Waals surface area contributed by atoms with Gasteiger partial charge in [0.2, 0.25) is 17.9 Å². The number of nitrogens with one attached hydrogen (secondary N) is 1. The lowest BCUT2D eigenvalue weighted by molar-refractivity contribution is -0.235. The highest BCUT2D eigenvalue weighted by atomic mass is 16.8. The van der Waals surface area contributed by atoms with E-state index in [9.17, 15) is 29.1 Å². The molecule has 3 aliphatic carbocycles. The molecule has 7 fully saturated rings. The molecule has 17 nitrogen and oxygen atoms in total. The zero-order valence-electron chi connectivity index (χ0n) is 39.6. The average molecular weight is 942 g/mol. The Hall–Kier alpha value is -5.20. The van der Waals surface area contributed by atoms with Gasteiger partial charge in [-0.1, -0.05) is 68.4 Å². The maximum Gasteiger partial charge on any atom is 0.348 e. The number of aliphatic hydroxyl groups excluding tert-OH is 1. The fraction of sp³-hybridized carbons (Fsp3) is 0.608. The van der Waals surface area contributed by atoms with Crippen molar-refractivity contribution in [2.75, 3.05) is 20.3 Å². The Bertz CT molecular complexity index is 2310. The van der Waals surface area contributed by atoms with Crippen molar-refractivity contribution < 1.29 is 67.1 Å². The van der Waals surface area contributed by atoms with Crippen molar-refractivity contribution in [3.8, 4) is 0 Å². The Morgan fingerprint density at radius 1 is 0.956 bits per heavy atom. The number of carbonyl (C=O) groups excluding carboxylic acids is 6. The summed E-state index contributed by atoms with van der Waals surface area (Å²) >= 11 is 0. The van der Waals surface area contributed by atoms with E-state index in [0.29, 0.717) is 11.1 Å². The molecule has 9 rings (SSSR count). The number of cyclic esters (lactones) is 1. The topological polar surface area (TPSA) is 206 Å². The van der Waals surface area contributed by atoms with Gasteiger partial charge in [-0.15, -0.1) is 0 Å². The summed E-state index contributed by atoms with van der Waals surface area (Å²) in [5.74, 6) is -4.06. The quantitative estimate of drug-likeness (QED) is 0.131. The normalized spacial score (nSPS) is 29.9. The third kappa shape index (κ3) is 9.31. The van der Waals surface area contributed by atoms with Crippen LogP contribution >= 0.6 is 0 Å². The van der Waals surface area contributed by atoms with E-state index in [0.717, 1.165) is 31.2 Å². The number of fused-ring (bicyclic) bond motifs is 4. The predicted octanol–water partition coefficient (Wildman–Crippen LogP) is 3.96. The summed E-state index contributed by atoms with van der Waals surface area (Å²) in [6.45, 7) is 8.54. The molecule has 3 saturated carbocycles. The van der Waals surface area contributed by atoms with E-state index in [2.05, 4.69) is 5.32 Å². The Balaban J connectivity index is 1.01. The number of amides is 2. The number of benzene rings is 2. The smallest absolute Gasteiger partial charge is 0.348 e. The van der Waals surface area contributed by atoms with E-state index in [-0.39, 0.29) is 50.7 Å². The lowest BCUT2D eigenvalue weighted by Gasteiger charge is -2.50. The summed E-state index contributed by atoms with van der Waals surface area (Å²) in [6, 6.07) is 13.2. The molecule has 2 aromatic rings. The highest BCUT2D eigenvalue weighted by Crippen LogP contribution is 2.64.